The lowest BCUT2D eigenvalue weighted by atomic mass is 9.88. The van der Waals surface area contributed by atoms with Gasteiger partial charge in [-0.2, -0.15) is 0 Å². The van der Waals surface area contributed by atoms with Crippen molar-refractivity contribution in [2.24, 2.45) is 5.92 Å². The van der Waals surface area contributed by atoms with Gasteiger partial charge in [-0.05, 0) is 43.7 Å². The lowest BCUT2D eigenvalue weighted by Crippen LogP contribution is -2.44. The number of hydrogen-bond donors (Lipinski definition) is 0. The molecule has 0 amide bonds. The Labute approximate surface area is 132 Å². The van der Waals surface area contributed by atoms with Crippen molar-refractivity contribution in [3.63, 3.8) is 0 Å². The first kappa shape index (κ1) is 14.6. The van der Waals surface area contributed by atoms with Crippen LogP contribution in [0, 0.1) is 5.92 Å². The van der Waals surface area contributed by atoms with E-state index in [1.807, 2.05) is 12.3 Å². The quantitative estimate of drug-likeness (QED) is 0.837. The van der Waals surface area contributed by atoms with Crippen molar-refractivity contribution < 1.29 is 9.47 Å². The molecule has 1 atom stereocenters. The minimum absolute atomic E-state index is 0.0921. The van der Waals surface area contributed by atoms with Crippen molar-refractivity contribution in [3.8, 4) is 0 Å². The fourth-order valence-corrected chi connectivity index (χ4v) is 3.65. The third kappa shape index (κ3) is 3.50. The van der Waals surface area contributed by atoms with Crippen LogP contribution >= 0.6 is 0 Å². The molecule has 4 heteroatoms. The molecular weight excluding hydrogens is 276 g/mol. The predicted molar refractivity (Wildman–Crippen MR) is 84.5 cm³/mol. The molecule has 0 N–H and O–H groups in total. The summed E-state index contributed by atoms with van der Waals surface area (Å²) >= 11 is 0. The fourth-order valence-electron chi connectivity index (χ4n) is 3.65. The Kier molecular flexibility index (Phi) is 4.16. The molecule has 1 aromatic rings. The molecular formula is C18H26N2O2. The van der Waals surface area contributed by atoms with Gasteiger partial charge in [0.05, 0.1) is 24.0 Å². The van der Waals surface area contributed by atoms with Crippen LogP contribution in [0.15, 0.2) is 24.4 Å². The first-order chi connectivity index (χ1) is 10.8. The van der Waals surface area contributed by atoms with Gasteiger partial charge < -0.3 is 9.47 Å². The number of hydrogen-bond acceptors (Lipinski definition) is 4. The third-order valence-electron chi connectivity index (χ3n) is 5.32. The number of likely N-dealkylation sites (tertiary alicyclic amines) is 1. The largest absolute Gasteiger partial charge is 0.375 e. The second kappa shape index (κ2) is 6.26. The normalized spacial score (nSPS) is 28.3. The van der Waals surface area contributed by atoms with Gasteiger partial charge in [-0.25, -0.2) is 0 Å². The van der Waals surface area contributed by atoms with Crippen LogP contribution < -0.4 is 0 Å². The standard InChI is InChI=1S/C18H26N2O2/c1-2-8-19-16(3-1)12-20-9-6-18(7-10-20)11-17(14-22-18)21-13-15-4-5-15/h1-3,8,15,17H,4-7,9-14H2. The van der Waals surface area contributed by atoms with Crippen LogP contribution in [-0.4, -0.2) is 47.9 Å². The number of rotatable bonds is 5. The van der Waals surface area contributed by atoms with E-state index in [0.29, 0.717) is 6.10 Å². The monoisotopic (exact) mass is 302 g/mol. The van der Waals surface area contributed by atoms with Gasteiger partial charge in [-0.3, -0.25) is 9.88 Å². The molecule has 4 nitrogen and oxygen atoms in total. The van der Waals surface area contributed by atoms with Crippen molar-refractivity contribution in [3.05, 3.63) is 30.1 Å². The number of aromatic nitrogens is 1. The zero-order chi connectivity index (χ0) is 14.8. The molecule has 3 heterocycles. The summed E-state index contributed by atoms with van der Waals surface area (Å²) in [5.74, 6) is 0.844. The average molecular weight is 302 g/mol. The van der Waals surface area contributed by atoms with Crippen LogP contribution in [0.5, 0.6) is 0 Å². The minimum atomic E-state index is 0.0921. The van der Waals surface area contributed by atoms with E-state index in [2.05, 4.69) is 22.0 Å². The summed E-state index contributed by atoms with van der Waals surface area (Å²) in [7, 11) is 0. The number of nitrogens with zero attached hydrogens (tertiary/aromatic N) is 2. The SMILES string of the molecule is c1ccc(CN2CCC3(CC2)CC(OCC2CC2)CO3)nc1. The van der Waals surface area contributed by atoms with Crippen molar-refractivity contribution in [2.45, 2.75) is 50.4 Å². The van der Waals surface area contributed by atoms with Crippen LogP contribution in [0.2, 0.25) is 0 Å². The Balaban J connectivity index is 1.24. The van der Waals surface area contributed by atoms with E-state index in [-0.39, 0.29) is 5.60 Å². The highest BCUT2D eigenvalue weighted by molar-refractivity contribution is 5.04. The molecule has 0 aromatic carbocycles. The summed E-state index contributed by atoms with van der Waals surface area (Å²) in [4.78, 5) is 6.92. The van der Waals surface area contributed by atoms with Gasteiger partial charge in [0.25, 0.3) is 0 Å². The smallest absolute Gasteiger partial charge is 0.0836 e. The second-order valence-corrected chi connectivity index (χ2v) is 7.19. The molecule has 2 aliphatic heterocycles. The summed E-state index contributed by atoms with van der Waals surface area (Å²) < 4.78 is 12.2. The van der Waals surface area contributed by atoms with Gasteiger partial charge in [-0.1, -0.05) is 6.07 Å². The molecule has 0 bridgehead atoms. The summed E-state index contributed by atoms with van der Waals surface area (Å²) in [5.41, 5.74) is 1.26. The molecule has 3 aliphatic rings. The molecule has 3 fully saturated rings. The highest BCUT2D eigenvalue weighted by Gasteiger charge is 2.43. The lowest BCUT2D eigenvalue weighted by Gasteiger charge is -2.38. The Morgan fingerprint density at radius 2 is 2.14 bits per heavy atom. The Hall–Kier alpha value is -0.970. The van der Waals surface area contributed by atoms with Crippen LogP contribution in [0.25, 0.3) is 0 Å². The van der Waals surface area contributed by atoms with Crippen molar-refractivity contribution in [2.75, 3.05) is 26.3 Å². The first-order valence-electron chi connectivity index (χ1n) is 8.69. The van der Waals surface area contributed by atoms with E-state index >= 15 is 0 Å². The first-order valence-corrected chi connectivity index (χ1v) is 8.69. The molecule has 1 unspecified atom stereocenters. The van der Waals surface area contributed by atoms with E-state index in [0.717, 1.165) is 63.7 Å². The zero-order valence-corrected chi connectivity index (χ0v) is 13.2. The van der Waals surface area contributed by atoms with Gasteiger partial charge in [-0.15, -0.1) is 0 Å². The maximum Gasteiger partial charge on any atom is 0.0836 e. The summed E-state index contributed by atoms with van der Waals surface area (Å²) in [6.45, 7) is 4.92. The number of ether oxygens (including phenoxy) is 2. The van der Waals surface area contributed by atoms with Crippen LogP contribution in [0.1, 0.15) is 37.8 Å². The summed E-state index contributed by atoms with van der Waals surface area (Å²) in [6, 6.07) is 6.15. The van der Waals surface area contributed by atoms with Crippen molar-refractivity contribution in [1.29, 1.82) is 0 Å². The van der Waals surface area contributed by atoms with Crippen LogP contribution in [-0.2, 0) is 16.0 Å². The van der Waals surface area contributed by atoms with E-state index in [4.69, 9.17) is 9.47 Å². The highest BCUT2D eigenvalue weighted by atomic mass is 16.6. The average Bonchev–Trinajstić information content (AvgIpc) is 3.31. The zero-order valence-electron chi connectivity index (χ0n) is 13.2. The molecule has 1 spiro atoms. The topological polar surface area (TPSA) is 34.6 Å². The Bertz CT molecular complexity index is 481. The van der Waals surface area contributed by atoms with Crippen LogP contribution in [0.4, 0.5) is 0 Å². The number of piperidine rings is 1. The molecule has 4 rings (SSSR count). The molecule has 2 saturated heterocycles. The summed E-state index contributed by atoms with van der Waals surface area (Å²) in [5, 5.41) is 0. The van der Waals surface area contributed by atoms with E-state index in [9.17, 15) is 0 Å². The third-order valence-corrected chi connectivity index (χ3v) is 5.32. The van der Waals surface area contributed by atoms with Gasteiger partial charge in [0.2, 0.25) is 0 Å². The highest BCUT2D eigenvalue weighted by Crippen LogP contribution is 2.38. The van der Waals surface area contributed by atoms with E-state index < -0.39 is 0 Å². The van der Waals surface area contributed by atoms with Gasteiger partial charge in [0.15, 0.2) is 0 Å². The van der Waals surface area contributed by atoms with Gasteiger partial charge in [0, 0.05) is 38.9 Å². The molecule has 0 radical (unpaired) electrons. The Morgan fingerprint density at radius 3 is 2.86 bits per heavy atom. The van der Waals surface area contributed by atoms with Gasteiger partial charge in [0.1, 0.15) is 0 Å². The molecule has 22 heavy (non-hydrogen) atoms. The second-order valence-electron chi connectivity index (χ2n) is 7.19. The Morgan fingerprint density at radius 1 is 1.27 bits per heavy atom. The van der Waals surface area contributed by atoms with Crippen molar-refractivity contribution >= 4 is 0 Å². The van der Waals surface area contributed by atoms with E-state index in [1.165, 1.54) is 12.8 Å². The van der Waals surface area contributed by atoms with Gasteiger partial charge >= 0.3 is 0 Å². The molecule has 120 valence electrons. The molecule has 1 aliphatic carbocycles. The minimum Gasteiger partial charge on any atom is -0.375 e. The maximum atomic E-state index is 6.18. The van der Waals surface area contributed by atoms with Crippen molar-refractivity contribution in [1.82, 2.24) is 9.88 Å². The molecule has 1 saturated carbocycles. The fraction of sp³-hybridized carbons (Fsp3) is 0.722. The molecule has 1 aromatic heterocycles. The number of pyridine rings is 1. The maximum absolute atomic E-state index is 6.18. The predicted octanol–water partition coefficient (Wildman–Crippen LogP) is 2.63. The van der Waals surface area contributed by atoms with E-state index in [1.54, 1.807) is 0 Å². The van der Waals surface area contributed by atoms with Crippen LogP contribution in [0.3, 0.4) is 0 Å². The summed E-state index contributed by atoms with van der Waals surface area (Å²) in [6.07, 6.45) is 8.29. The lowest BCUT2D eigenvalue weighted by molar-refractivity contribution is -0.0468.